The van der Waals surface area contributed by atoms with Crippen molar-refractivity contribution in [1.29, 1.82) is 0 Å². The van der Waals surface area contributed by atoms with Gasteiger partial charge in [-0.1, -0.05) is 78.9 Å². The summed E-state index contributed by atoms with van der Waals surface area (Å²) in [6.07, 6.45) is 0.690. The molecule has 0 fully saturated rings. The largest absolute Gasteiger partial charge is 0.496 e. The Bertz CT molecular complexity index is 957. The number of ether oxygens (including phenoxy) is 2. The summed E-state index contributed by atoms with van der Waals surface area (Å²) < 4.78 is 10.4. The van der Waals surface area contributed by atoms with E-state index in [9.17, 15) is 9.59 Å². The molecule has 1 unspecified atom stereocenters. The third-order valence-electron chi connectivity index (χ3n) is 4.71. The first-order chi connectivity index (χ1) is 14.7. The summed E-state index contributed by atoms with van der Waals surface area (Å²) in [6.45, 7) is -0.327. The van der Waals surface area contributed by atoms with E-state index in [0.29, 0.717) is 12.2 Å². The van der Waals surface area contributed by atoms with E-state index in [1.807, 2.05) is 72.8 Å². The van der Waals surface area contributed by atoms with Crippen LogP contribution in [-0.2, 0) is 27.2 Å². The molecular formula is C25H25NO4. The van der Waals surface area contributed by atoms with Crippen molar-refractivity contribution in [3.63, 3.8) is 0 Å². The fourth-order valence-corrected chi connectivity index (χ4v) is 3.22. The summed E-state index contributed by atoms with van der Waals surface area (Å²) in [5, 5.41) is 2.98. The van der Waals surface area contributed by atoms with Gasteiger partial charge < -0.3 is 14.8 Å². The Balaban J connectivity index is 1.58. The van der Waals surface area contributed by atoms with Crippen LogP contribution in [0.5, 0.6) is 5.75 Å². The van der Waals surface area contributed by atoms with Gasteiger partial charge in [0.2, 0.25) is 0 Å². The minimum absolute atomic E-state index is 0.0451. The highest BCUT2D eigenvalue weighted by molar-refractivity contribution is 5.81. The van der Waals surface area contributed by atoms with Gasteiger partial charge in [0.1, 0.15) is 5.75 Å². The Morgan fingerprint density at radius 1 is 0.867 bits per heavy atom. The lowest BCUT2D eigenvalue weighted by Gasteiger charge is -2.19. The molecule has 154 valence electrons. The molecule has 0 spiro atoms. The first kappa shape index (κ1) is 21.1. The molecule has 1 N–H and O–H groups in total. The molecule has 0 aliphatic rings. The number of nitrogens with one attached hydrogen (secondary N) is 1. The Labute approximate surface area is 176 Å². The van der Waals surface area contributed by atoms with Crippen LogP contribution in [-0.4, -0.2) is 25.6 Å². The summed E-state index contributed by atoms with van der Waals surface area (Å²) in [7, 11) is 1.55. The lowest BCUT2D eigenvalue weighted by atomic mass is 9.99. The molecule has 5 nitrogen and oxygen atoms in total. The second kappa shape index (κ2) is 10.8. The number of methoxy groups -OCH3 is 1. The monoisotopic (exact) mass is 403 g/mol. The smallest absolute Gasteiger partial charge is 0.310 e. The third kappa shape index (κ3) is 6.21. The van der Waals surface area contributed by atoms with Crippen LogP contribution in [0, 0.1) is 0 Å². The van der Waals surface area contributed by atoms with Crippen molar-refractivity contribution >= 4 is 11.9 Å². The zero-order chi connectivity index (χ0) is 21.2. The normalized spacial score (nSPS) is 11.4. The third-order valence-corrected chi connectivity index (χ3v) is 4.71. The van der Waals surface area contributed by atoms with Crippen LogP contribution in [0.4, 0.5) is 0 Å². The van der Waals surface area contributed by atoms with Crippen LogP contribution in [0.3, 0.4) is 0 Å². The molecule has 1 atom stereocenters. The minimum Gasteiger partial charge on any atom is -0.496 e. The van der Waals surface area contributed by atoms with Crippen molar-refractivity contribution in [3.05, 3.63) is 102 Å². The number of esters is 1. The number of carbonyl (C=O) groups is 2. The molecule has 5 heteroatoms. The van der Waals surface area contributed by atoms with E-state index >= 15 is 0 Å². The van der Waals surface area contributed by atoms with Gasteiger partial charge in [0.25, 0.3) is 5.91 Å². The van der Waals surface area contributed by atoms with Crippen molar-refractivity contribution < 1.29 is 19.1 Å². The molecule has 0 aliphatic heterocycles. The number of para-hydroxylation sites is 1. The second-order valence-electron chi connectivity index (χ2n) is 6.87. The number of hydrogen-bond donors (Lipinski definition) is 1. The standard InChI is InChI=1S/C25H25NO4/c1-29-23-15-9-8-14-21(23)17-25(28)30-18-24(27)26-22(20-12-6-3-7-13-20)16-19-10-4-2-5-11-19/h2-15,22H,16-18H2,1H3,(H,26,27). The van der Waals surface area contributed by atoms with Gasteiger partial charge in [-0.05, 0) is 23.6 Å². The second-order valence-corrected chi connectivity index (χ2v) is 6.87. The number of carbonyl (C=O) groups excluding carboxylic acids is 2. The van der Waals surface area contributed by atoms with E-state index < -0.39 is 5.97 Å². The predicted octanol–water partition coefficient (Wildman–Crippen LogP) is 3.88. The van der Waals surface area contributed by atoms with E-state index in [1.54, 1.807) is 19.2 Å². The summed E-state index contributed by atoms with van der Waals surface area (Å²) in [5.41, 5.74) is 2.83. The molecule has 0 bridgehead atoms. The number of rotatable bonds is 9. The predicted molar refractivity (Wildman–Crippen MR) is 115 cm³/mol. The van der Waals surface area contributed by atoms with Crippen LogP contribution >= 0.6 is 0 Å². The number of amides is 1. The number of hydrogen-bond acceptors (Lipinski definition) is 4. The highest BCUT2D eigenvalue weighted by atomic mass is 16.5. The van der Waals surface area contributed by atoms with Crippen LogP contribution < -0.4 is 10.1 Å². The van der Waals surface area contributed by atoms with E-state index in [0.717, 1.165) is 16.7 Å². The molecule has 3 aromatic rings. The summed E-state index contributed by atoms with van der Waals surface area (Å²) in [6, 6.07) is 26.7. The van der Waals surface area contributed by atoms with Gasteiger partial charge in [0.05, 0.1) is 19.6 Å². The van der Waals surface area contributed by atoms with Crippen molar-refractivity contribution in [2.45, 2.75) is 18.9 Å². The topological polar surface area (TPSA) is 64.6 Å². The molecular weight excluding hydrogens is 378 g/mol. The van der Waals surface area contributed by atoms with Crippen LogP contribution in [0.2, 0.25) is 0 Å². The zero-order valence-corrected chi connectivity index (χ0v) is 16.9. The first-order valence-corrected chi connectivity index (χ1v) is 9.81. The SMILES string of the molecule is COc1ccccc1CC(=O)OCC(=O)NC(Cc1ccccc1)c1ccccc1. The van der Waals surface area contributed by atoms with Gasteiger partial charge in [-0.15, -0.1) is 0 Å². The molecule has 0 radical (unpaired) electrons. The van der Waals surface area contributed by atoms with E-state index in [2.05, 4.69) is 5.32 Å². The molecule has 0 heterocycles. The van der Waals surface area contributed by atoms with Gasteiger partial charge in [-0.25, -0.2) is 0 Å². The maximum atomic E-state index is 12.5. The van der Waals surface area contributed by atoms with Gasteiger partial charge in [0, 0.05) is 5.56 Å². The molecule has 1 amide bonds. The molecule has 3 rings (SSSR count). The average Bonchev–Trinajstić information content (AvgIpc) is 2.79. The summed E-state index contributed by atoms with van der Waals surface area (Å²) in [4.78, 5) is 24.7. The maximum absolute atomic E-state index is 12.5. The number of benzene rings is 3. The fourth-order valence-electron chi connectivity index (χ4n) is 3.22. The quantitative estimate of drug-likeness (QED) is 0.551. The van der Waals surface area contributed by atoms with E-state index in [4.69, 9.17) is 9.47 Å². The fraction of sp³-hybridized carbons (Fsp3) is 0.200. The van der Waals surface area contributed by atoms with Crippen molar-refractivity contribution in [2.24, 2.45) is 0 Å². The summed E-state index contributed by atoms with van der Waals surface area (Å²) >= 11 is 0. The van der Waals surface area contributed by atoms with Crippen LogP contribution in [0.1, 0.15) is 22.7 Å². The highest BCUT2D eigenvalue weighted by Gasteiger charge is 2.17. The van der Waals surface area contributed by atoms with Gasteiger partial charge in [0.15, 0.2) is 6.61 Å². The summed E-state index contributed by atoms with van der Waals surface area (Å²) in [5.74, 6) is -0.201. The van der Waals surface area contributed by atoms with Crippen molar-refractivity contribution in [1.82, 2.24) is 5.32 Å². The Hall–Kier alpha value is -3.60. The van der Waals surface area contributed by atoms with Crippen molar-refractivity contribution in [2.75, 3.05) is 13.7 Å². The molecule has 0 aromatic heterocycles. The van der Waals surface area contributed by atoms with E-state index in [1.165, 1.54) is 0 Å². The first-order valence-electron chi connectivity index (χ1n) is 9.81. The lowest BCUT2D eigenvalue weighted by molar-refractivity contribution is -0.148. The lowest BCUT2D eigenvalue weighted by Crippen LogP contribution is -2.33. The zero-order valence-electron chi connectivity index (χ0n) is 16.9. The Morgan fingerprint density at radius 2 is 1.50 bits per heavy atom. The molecule has 0 aliphatic carbocycles. The van der Waals surface area contributed by atoms with Crippen LogP contribution in [0.15, 0.2) is 84.9 Å². The van der Waals surface area contributed by atoms with Gasteiger partial charge in [-0.3, -0.25) is 9.59 Å². The van der Waals surface area contributed by atoms with E-state index in [-0.39, 0.29) is 25.0 Å². The van der Waals surface area contributed by atoms with Crippen LogP contribution in [0.25, 0.3) is 0 Å². The molecule has 0 saturated heterocycles. The molecule has 0 saturated carbocycles. The highest BCUT2D eigenvalue weighted by Crippen LogP contribution is 2.19. The maximum Gasteiger partial charge on any atom is 0.310 e. The van der Waals surface area contributed by atoms with Crippen molar-refractivity contribution in [3.8, 4) is 5.75 Å². The molecule has 3 aromatic carbocycles. The van der Waals surface area contributed by atoms with Gasteiger partial charge >= 0.3 is 5.97 Å². The van der Waals surface area contributed by atoms with Gasteiger partial charge in [-0.2, -0.15) is 0 Å². The molecule has 30 heavy (non-hydrogen) atoms. The average molecular weight is 403 g/mol. The Kier molecular flexibility index (Phi) is 7.61. The minimum atomic E-state index is -0.478. The Morgan fingerprint density at radius 3 is 2.20 bits per heavy atom.